The first-order valence-electron chi connectivity index (χ1n) is 13.2. The lowest BCUT2D eigenvalue weighted by Crippen LogP contribution is -2.18. The normalized spacial score (nSPS) is 14.2. The highest BCUT2D eigenvalue weighted by molar-refractivity contribution is 6.19. The third kappa shape index (κ3) is 2.75. The van der Waals surface area contributed by atoms with Crippen LogP contribution < -0.4 is 4.90 Å². The van der Waals surface area contributed by atoms with Gasteiger partial charge in [-0.1, -0.05) is 98.8 Å². The monoisotopic (exact) mass is 486 g/mol. The average Bonchev–Trinajstić information content (AvgIpc) is 3.21. The van der Waals surface area contributed by atoms with Crippen LogP contribution in [0, 0.1) is 0 Å². The highest BCUT2D eigenvalue weighted by atomic mass is 15.2. The minimum atomic E-state index is -0.0571. The molecule has 0 unspecified atom stereocenters. The Hall–Kier alpha value is -4.69. The van der Waals surface area contributed by atoms with Crippen LogP contribution in [0.3, 0.4) is 0 Å². The Bertz CT molecular complexity index is 1880. The molecule has 5 aromatic carbocycles. The number of nitrogens with zero attached hydrogens (tertiary/aromatic N) is 2. The standard InChI is InChI=1S/C36H26N2/c1-36(2)29-15-7-6-13-28(29)34-30(36)21-20-27-26-19-18-24(31-16-8-9-22-37-31)25-14-10-17-32(33(25)26)38(35(27)34)23-11-4-3-5-12-23/h3-22H,1-2H3. The van der Waals surface area contributed by atoms with Crippen molar-refractivity contribution in [3.05, 3.63) is 133 Å². The van der Waals surface area contributed by atoms with E-state index in [1.165, 1.54) is 61.2 Å². The Morgan fingerprint density at radius 3 is 2.18 bits per heavy atom. The van der Waals surface area contributed by atoms with E-state index in [-0.39, 0.29) is 5.41 Å². The van der Waals surface area contributed by atoms with Crippen LogP contribution in [0.4, 0.5) is 17.1 Å². The molecule has 0 spiro atoms. The molecule has 0 radical (unpaired) electrons. The van der Waals surface area contributed by atoms with E-state index in [4.69, 9.17) is 4.98 Å². The van der Waals surface area contributed by atoms with Crippen LogP contribution in [0.15, 0.2) is 121 Å². The third-order valence-corrected chi connectivity index (χ3v) is 8.45. The van der Waals surface area contributed by atoms with Crippen molar-refractivity contribution in [1.82, 2.24) is 4.98 Å². The second-order valence-electron chi connectivity index (χ2n) is 10.8. The smallest absolute Gasteiger partial charge is 0.0708 e. The van der Waals surface area contributed by atoms with Crippen LogP contribution in [0.25, 0.3) is 44.3 Å². The molecule has 0 fully saturated rings. The van der Waals surface area contributed by atoms with E-state index >= 15 is 0 Å². The Labute approximate surface area is 222 Å². The molecular weight excluding hydrogens is 460 g/mol. The zero-order valence-electron chi connectivity index (χ0n) is 21.4. The molecule has 2 nitrogen and oxygen atoms in total. The van der Waals surface area contributed by atoms with Crippen molar-refractivity contribution in [2.75, 3.05) is 4.90 Å². The average molecular weight is 487 g/mol. The first-order chi connectivity index (χ1) is 18.6. The van der Waals surface area contributed by atoms with Gasteiger partial charge in [0, 0.05) is 39.4 Å². The number of hydrogen-bond acceptors (Lipinski definition) is 2. The van der Waals surface area contributed by atoms with Crippen LogP contribution in [0.1, 0.15) is 25.0 Å². The zero-order valence-corrected chi connectivity index (χ0v) is 21.4. The lowest BCUT2D eigenvalue weighted by atomic mass is 9.80. The quantitative estimate of drug-likeness (QED) is 0.242. The Kier molecular flexibility index (Phi) is 4.31. The highest BCUT2D eigenvalue weighted by Crippen LogP contribution is 2.60. The Morgan fingerprint density at radius 2 is 1.34 bits per heavy atom. The maximum absolute atomic E-state index is 4.70. The van der Waals surface area contributed by atoms with Gasteiger partial charge in [0.05, 0.1) is 17.1 Å². The van der Waals surface area contributed by atoms with Gasteiger partial charge < -0.3 is 4.90 Å². The number of aromatic nitrogens is 1. The number of pyridine rings is 1. The van der Waals surface area contributed by atoms with Gasteiger partial charge in [-0.3, -0.25) is 4.98 Å². The summed E-state index contributed by atoms with van der Waals surface area (Å²) in [5.74, 6) is 0. The number of para-hydroxylation sites is 1. The van der Waals surface area contributed by atoms with Gasteiger partial charge in [-0.2, -0.15) is 0 Å². The van der Waals surface area contributed by atoms with E-state index in [1.54, 1.807) is 0 Å². The molecule has 0 saturated heterocycles. The summed E-state index contributed by atoms with van der Waals surface area (Å²) < 4.78 is 0. The van der Waals surface area contributed by atoms with Crippen molar-refractivity contribution in [2.45, 2.75) is 19.3 Å². The molecule has 2 heteroatoms. The van der Waals surface area contributed by atoms with E-state index in [2.05, 4.69) is 128 Å². The maximum Gasteiger partial charge on any atom is 0.0708 e. The molecule has 180 valence electrons. The van der Waals surface area contributed by atoms with Gasteiger partial charge in [-0.15, -0.1) is 0 Å². The second kappa shape index (κ2) is 7.66. The molecule has 0 N–H and O–H groups in total. The molecule has 1 aromatic heterocycles. The number of fused-ring (bicyclic) bond motifs is 6. The minimum Gasteiger partial charge on any atom is -0.309 e. The predicted octanol–water partition coefficient (Wildman–Crippen LogP) is 9.66. The SMILES string of the molecule is CC1(C)c2ccccc2-c2c1ccc1c2N(c2ccccc2)c2cccc3c(-c4ccccn4)ccc-1c23. The van der Waals surface area contributed by atoms with Crippen molar-refractivity contribution in [3.63, 3.8) is 0 Å². The fraction of sp³-hybridized carbons (Fsp3) is 0.0833. The van der Waals surface area contributed by atoms with Crippen LogP contribution in [-0.2, 0) is 5.41 Å². The summed E-state index contributed by atoms with van der Waals surface area (Å²) in [6.07, 6.45) is 1.87. The van der Waals surface area contributed by atoms with Gasteiger partial charge in [0.1, 0.15) is 0 Å². The third-order valence-electron chi connectivity index (χ3n) is 8.45. The molecule has 0 atom stereocenters. The highest BCUT2D eigenvalue weighted by Gasteiger charge is 2.40. The molecule has 1 aliphatic heterocycles. The number of rotatable bonds is 2. The van der Waals surface area contributed by atoms with Gasteiger partial charge in [0.2, 0.25) is 0 Å². The molecule has 2 aliphatic rings. The van der Waals surface area contributed by atoms with Gasteiger partial charge in [-0.05, 0) is 58.0 Å². The van der Waals surface area contributed by atoms with Crippen LogP contribution in [-0.4, -0.2) is 4.98 Å². The largest absolute Gasteiger partial charge is 0.309 e. The van der Waals surface area contributed by atoms with Gasteiger partial charge in [0.15, 0.2) is 0 Å². The summed E-state index contributed by atoms with van der Waals surface area (Å²) in [5, 5.41) is 2.50. The molecule has 1 aliphatic carbocycles. The summed E-state index contributed by atoms with van der Waals surface area (Å²) in [4.78, 5) is 7.19. The molecule has 0 amide bonds. The molecule has 0 saturated carbocycles. The Morgan fingerprint density at radius 1 is 0.579 bits per heavy atom. The molecule has 38 heavy (non-hydrogen) atoms. The summed E-state index contributed by atoms with van der Waals surface area (Å²) in [6.45, 7) is 4.71. The lowest BCUT2D eigenvalue weighted by Gasteiger charge is -2.36. The Balaban J connectivity index is 1.53. The zero-order chi connectivity index (χ0) is 25.4. The topological polar surface area (TPSA) is 16.1 Å². The van der Waals surface area contributed by atoms with Crippen molar-refractivity contribution in [2.24, 2.45) is 0 Å². The summed E-state index contributed by atoms with van der Waals surface area (Å²) in [5.41, 5.74) is 13.8. The van der Waals surface area contributed by atoms with Crippen LogP contribution in [0.2, 0.25) is 0 Å². The first-order valence-corrected chi connectivity index (χ1v) is 13.2. The molecular formula is C36H26N2. The number of hydrogen-bond donors (Lipinski definition) is 0. The van der Waals surface area contributed by atoms with E-state index in [1.807, 2.05) is 12.3 Å². The van der Waals surface area contributed by atoms with Gasteiger partial charge in [-0.25, -0.2) is 0 Å². The van der Waals surface area contributed by atoms with Gasteiger partial charge in [0.25, 0.3) is 0 Å². The fourth-order valence-electron chi connectivity index (χ4n) is 6.73. The lowest BCUT2D eigenvalue weighted by molar-refractivity contribution is 0.660. The van der Waals surface area contributed by atoms with E-state index in [0.717, 1.165) is 11.3 Å². The number of anilines is 3. The van der Waals surface area contributed by atoms with Gasteiger partial charge >= 0.3 is 0 Å². The number of benzene rings is 5. The summed E-state index contributed by atoms with van der Waals surface area (Å²) in [7, 11) is 0. The molecule has 2 heterocycles. The second-order valence-corrected chi connectivity index (χ2v) is 10.8. The molecule has 8 rings (SSSR count). The van der Waals surface area contributed by atoms with Crippen LogP contribution in [0.5, 0.6) is 0 Å². The van der Waals surface area contributed by atoms with E-state index in [0.29, 0.717) is 0 Å². The van der Waals surface area contributed by atoms with Crippen molar-refractivity contribution < 1.29 is 0 Å². The van der Waals surface area contributed by atoms with E-state index in [9.17, 15) is 0 Å². The predicted molar refractivity (Wildman–Crippen MR) is 158 cm³/mol. The van der Waals surface area contributed by atoms with Crippen molar-refractivity contribution in [1.29, 1.82) is 0 Å². The molecule has 6 aromatic rings. The maximum atomic E-state index is 4.70. The summed E-state index contributed by atoms with van der Waals surface area (Å²) >= 11 is 0. The first kappa shape index (κ1) is 21.4. The minimum absolute atomic E-state index is 0.0571. The summed E-state index contributed by atoms with van der Waals surface area (Å²) in [6, 6.07) is 41.9. The van der Waals surface area contributed by atoms with Crippen LogP contribution >= 0.6 is 0 Å². The molecule has 0 bridgehead atoms. The fourth-order valence-corrected chi connectivity index (χ4v) is 6.73. The van der Waals surface area contributed by atoms with Crippen molar-refractivity contribution in [3.8, 4) is 33.5 Å². The van der Waals surface area contributed by atoms with Crippen molar-refractivity contribution >= 4 is 27.8 Å². The van der Waals surface area contributed by atoms with E-state index < -0.39 is 0 Å².